The fraction of sp³-hybridized carbons (Fsp3) is 0.438. The highest BCUT2D eigenvalue weighted by atomic mass is 32.1. The Kier molecular flexibility index (Phi) is 6.33. The second-order valence-electron chi connectivity index (χ2n) is 4.90. The Balaban J connectivity index is 1.77. The monoisotopic (exact) mass is 319 g/mol. The second kappa shape index (κ2) is 8.48. The van der Waals surface area contributed by atoms with Gasteiger partial charge in [0.15, 0.2) is 0 Å². The van der Waals surface area contributed by atoms with E-state index in [2.05, 4.69) is 34.6 Å². The van der Waals surface area contributed by atoms with Crippen molar-refractivity contribution in [1.82, 2.24) is 10.2 Å². The number of anilines is 1. The van der Waals surface area contributed by atoms with Gasteiger partial charge in [0.25, 0.3) is 0 Å². The van der Waals surface area contributed by atoms with Crippen molar-refractivity contribution >= 4 is 22.4 Å². The van der Waals surface area contributed by atoms with E-state index in [4.69, 9.17) is 4.74 Å². The van der Waals surface area contributed by atoms with E-state index in [1.807, 2.05) is 19.1 Å². The number of nitrogens with zero attached hydrogens (tertiary/aromatic N) is 2. The van der Waals surface area contributed by atoms with Crippen molar-refractivity contribution in [1.29, 1.82) is 0 Å². The molecule has 0 fully saturated rings. The third kappa shape index (κ3) is 5.11. The van der Waals surface area contributed by atoms with Crippen LogP contribution in [0.25, 0.3) is 0 Å². The molecule has 1 aromatic heterocycles. The first-order valence-electron chi connectivity index (χ1n) is 7.55. The molecule has 1 heterocycles. The van der Waals surface area contributed by atoms with Gasteiger partial charge in [-0.15, -0.1) is 10.2 Å². The molecular formula is C16H21N3O2S. The Morgan fingerprint density at radius 2 is 2.00 bits per heavy atom. The highest BCUT2D eigenvalue weighted by molar-refractivity contribution is 7.15. The lowest BCUT2D eigenvalue weighted by molar-refractivity contribution is -0.116. The summed E-state index contributed by atoms with van der Waals surface area (Å²) in [6, 6.07) is 8.11. The second-order valence-corrected chi connectivity index (χ2v) is 5.96. The highest BCUT2D eigenvalue weighted by Gasteiger charge is 2.07. The number of rotatable bonds is 8. The quantitative estimate of drug-likeness (QED) is 0.809. The van der Waals surface area contributed by atoms with Crippen LogP contribution in [0.3, 0.4) is 0 Å². The standard InChI is InChI=1S/C16H21N3O2S/c1-3-5-14(20)17-16-19-18-15(22-16)10-11-21-13-8-6-12(4-2)7-9-13/h6-9H,3-5,10-11H2,1-2H3,(H,17,19,20). The van der Waals surface area contributed by atoms with Crippen LogP contribution in [0.1, 0.15) is 37.3 Å². The molecule has 6 heteroatoms. The number of aromatic nitrogens is 2. The van der Waals surface area contributed by atoms with E-state index in [0.717, 1.165) is 23.6 Å². The Labute approximate surface area is 134 Å². The van der Waals surface area contributed by atoms with Gasteiger partial charge in [-0.25, -0.2) is 0 Å². The van der Waals surface area contributed by atoms with Gasteiger partial charge < -0.3 is 10.1 Å². The molecule has 0 radical (unpaired) electrons. The molecule has 0 saturated carbocycles. The van der Waals surface area contributed by atoms with E-state index >= 15 is 0 Å². The normalized spacial score (nSPS) is 10.5. The molecule has 1 amide bonds. The smallest absolute Gasteiger partial charge is 0.226 e. The Morgan fingerprint density at radius 1 is 1.23 bits per heavy atom. The zero-order chi connectivity index (χ0) is 15.8. The number of ether oxygens (including phenoxy) is 1. The van der Waals surface area contributed by atoms with Crippen molar-refractivity contribution in [3.8, 4) is 5.75 Å². The highest BCUT2D eigenvalue weighted by Crippen LogP contribution is 2.17. The lowest BCUT2D eigenvalue weighted by Gasteiger charge is -2.05. The topological polar surface area (TPSA) is 64.1 Å². The van der Waals surface area contributed by atoms with E-state index in [0.29, 0.717) is 24.6 Å². The van der Waals surface area contributed by atoms with Crippen molar-refractivity contribution in [2.45, 2.75) is 39.5 Å². The van der Waals surface area contributed by atoms with E-state index in [9.17, 15) is 4.79 Å². The van der Waals surface area contributed by atoms with E-state index in [1.54, 1.807) is 0 Å². The third-order valence-corrected chi connectivity index (χ3v) is 4.00. The number of aryl methyl sites for hydroxylation is 1. The lowest BCUT2D eigenvalue weighted by Crippen LogP contribution is -2.10. The molecule has 5 nitrogen and oxygen atoms in total. The van der Waals surface area contributed by atoms with Crippen molar-refractivity contribution in [3.63, 3.8) is 0 Å². The number of carbonyl (C=O) groups is 1. The van der Waals surface area contributed by atoms with Crippen LogP contribution in [0.15, 0.2) is 24.3 Å². The average Bonchev–Trinajstić information content (AvgIpc) is 2.95. The summed E-state index contributed by atoms with van der Waals surface area (Å²) in [7, 11) is 0. The van der Waals surface area contributed by atoms with Gasteiger partial charge in [-0.2, -0.15) is 0 Å². The molecule has 0 unspecified atom stereocenters. The summed E-state index contributed by atoms with van der Waals surface area (Å²) in [5, 5.41) is 12.2. The Bertz CT molecular complexity index is 596. The van der Waals surface area contributed by atoms with Gasteiger partial charge in [-0.1, -0.05) is 37.3 Å². The largest absolute Gasteiger partial charge is 0.493 e. The SMILES string of the molecule is CCCC(=O)Nc1nnc(CCOc2ccc(CC)cc2)s1. The molecule has 2 aromatic rings. The van der Waals surface area contributed by atoms with E-state index in [1.165, 1.54) is 16.9 Å². The zero-order valence-corrected chi connectivity index (χ0v) is 13.8. The minimum Gasteiger partial charge on any atom is -0.493 e. The van der Waals surface area contributed by atoms with Crippen LogP contribution in [-0.2, 0) is 17.6 Å². The Morgan fingerprint density at radius 3 is 2.68 bits per heavy atom. The summed E-state index contributed by atoms with van der Waals surface area (Å²) in [5.41, 5.74) is 1.30. The molecule has 0 aliphatic rings. The summed E-state index contributed by atoms with van der Waals surface area (Å²) in [5.74, 6) is 0.843. The predicted molar refractivity (Wildman–Crippen MR) is 88.5 cm³/mol. The molecular weight excluding hydrogens is 298 g/mol. The molecule has 0 aliphatic heterocycles. The summed E-state index contributed by atoms with van der Waals surface area (Å²) in [6.45, 7) is 4.64. The molecule has 1 aromatic carbocycles. The van der Waals surface area contributed by atoms with E-state index in [-0.39, 0.29) is 5.91 Å². The molecule has 0 spiro atoms. The average molecular weight is 319 g/mol. The maximum atomic E-state index is 11.5. The predicted octanol–water partition coefficient (Wildman–Crippen LogP) is 3.46. The molecule has 2 rings (SSSR count). The van der Waals surface area contributed by atoms with Crippen LogP contribution < -0.4 is 10.1 Å². The van der Waals surface area contributed by atoms with Gasteiger partial charge in [0, 0.05) is 12.8 Å². The van der Waals surface area contributed by atoms with Crippen LogP contribution in [0, 0.1) is 0 Å². The van der Waals surface area contributed by atoms with Crippen molar-refractivity contribution < 1.29 is 9.53 Å². The summed E-state index contributed by atoms with van der Waals surface area (Å²) >= 11 is 1.39. The number of benzene rings is 1. The molecule has 118 valence electrons. The number of nitrogens with one attached hydrogen (secondary N) is 1. The first kappa shape index (κ1) is 16.4. The summed E-state index contributed by atoms with van der Waals surface area (Å²) < 4.78 is 5.69. The fourth-order valence-electron chi connectivity index (χ4n) is 1.89. The number of hydrogen-bond donors (Lipinski definition) is 1. The number of carbonyl (C=O) groups excluding carboxylic acids is 1. The maximum Gasteiger partial charge on any atom is 0.226 e. The molecule has 0 atom stereocenters. The maximum absolute atomic E-state index is 11.5. The third-order valence-electron chi connectivity index (χ3n) is 3.11. The van der Waals surface area contributed by atoms with Crippen LogP contribution in [-0.4, -0.2) is 22.7 Å². The van der Waals surface area contributed by atoms with Gasteiger partial charge in [-0.05, 0) is 30.5 Å². The minimum atomic E-state index is -0.0162. The van der Waals surface area contributed by atoms with Gasteiger partial charge in [-0.3, -0.25) is 4.79 Å². The van der Waals surface area contributed by atoms with Crippen molar-refractivity contribution in [2.24, 2.45) is 0 Å². The van der Waals surface area contributed by atoms with Crippen molar-refractivity contribution in [3.05, 3.63) is 34.8 Å². The van der Waals surface area contributed by atoms with Gasteiger partial charge in [0.05, 0.1) is 6.61 Å². The number of hydrogen-bond acceptors (Lipinski definition) is 5. The van der Waals surface area contributed by atoms with Gasteiger partial charge in [0.2, 0.25) is 11.0 Å². The van der Waals surface area contributed by atoms with Crippen molar-refractivity contribution in [2.75, 3.05) is 11.9 Å². The van der Waals surface area contributed by atoms with E-state index < -0.39 is 0 Å². The molecule has 1 N–H and O–H groups in total. The van der Waals surface area contributed by atoms with Crippen LogP contribution in [0.2, 0.25) is 0 Å². The fourth-order valence-corrected chi connectivity index (χ4v) is 2.63. The summed E-state index contributed by atoms with van der Waals surface area (Å²) in [6.07, 6.45) is 3.03. The minimum absolute atomic E-state index is 0.0162. The Hall–Kier alpha value is -1.95. The molecule has 0 bridgehead atoms. The molecule has 22 heavy (non-hydrogen) atoms. The molecule has 0 aliphatic carbocycles. The van der Waals surface area contributed by atoms with Crippen LogP contribution in [0.5, 0.6) is 5.75 Å². The lowest BCUT2D eigenvalue weighted by atomic mass is 10.2. The van der Waals surface area contributed by atoms with Crippen LogP contribution >= 0.6 is 11.3 Å². The van der Waals surface area contributed by atoms with Gasteiger partial charge >= 0.3 is 0 Å². The summed E-state index contributed by atoms with van der Waals surface area (Å²) in [4.78, 5) is 11.5. The number of amides is 1. The first-order valence-corrected chi connectivity index (χ1v) is 8.37. The van der Waals surface area contributed by atoms with Crippen LogP contribution in [0.4, 0.5) is 5.13 Å². The molecule has 0 saturated heterocycles. The first-order chi connectivity index (χ1) is 10.7. The zero-order valence-electron chi connectivity index (χ0n) is 13.0. The van der Waals surface area contributed by atoms with Gasteiger partial charge in [0.1, 0.15) is 10.8 Å².